The Morgan fingerprint density at radius 2 is 1.30 bits per heavy atom. The maximum atomic E-state index is 13.5. The molecule has 0 bridgehead atoms. The summed E-state index contributed by atoms with van der Waals surface area (Å²) in [5.74, 6) is 0. The first-order valence-electron chi connectivity index (χ1n) is 16.8. The first-order chi connectivity index (χ1) is 21.2. The van der Waals surface area contributed by atoms with Crippen LogP contribution in [0.3, 0.4) is 0 Å². The number of anilines is 1. The number of nitrogens with zero attached hydrogens (tertiary/aromatic N) is 2. The Morgan fingerprint density at radius 1 is 0.721 bits per heavy atom. The van der Waals surface area contributed by atoms with Gasteiger partial charge in [0.25, 0.3) is 5.56 Å². The monoisotopic (exact) mass is 580 g/mol. The van der Waals surface area contributed by atoms with Crippen LogP contribution in [0, 0.1) is 0 Å². The van der Waals surface area contributed by atoms with Crippen LogP contribution in [-0.4, -0.2) is 22.0 Å². The molecule has 0 saturated heterocycles. The lowest BCUT2D eigenvalue weighted by Gasteiger charge is -2.08. The number of aromatic nitrogens is 2. The van der Waals surface area contributed by atoms with E-state index in [1.807, 2.05) is 54.6 Å². The third-order valence-electron chi connectivity index (χ3n) is 8.81. The summed E-state index contributed by atoms with van der Waals surface area (Å²) in [5, 5.41) is 9.53. The Kier molecular flexibility index (Phi) is 11.2. The highest BCUT2D eigenvalue weighted by Crippen LogP contribution is 2.30. The number of urea groups is 1. The molecule has 0 saturated carbocycles. The van der Waals surface area contributed by atoms with Gasteiger partial charge >= 0.3 is 6.03 Å². The number of carbonyl (C=O) groups is 1. The van der Waals surface area contributed by atoms with Crippen LogP contribution in [0.4, 0.5) is 10.5 Å². The molecule has 0 aliphatic heterocycles. The topological polar surface area (TPSA) is 75.5 Å². The van der Waals surface area contributed by atoms with Crippen LogP contribution in [0.25, 0.3) is 38.2 Å². The van der Waals surface area contributed by atoms with Crippen LogP contribution in [0.5, 0.6) is 0 Å². The van der Waals surface area contributed by atoms with E-state index in [1.165, 1.54) is 89.9 Å². The average molecular weight is 581 g/mol. The Morgan fingerprint density at radius 3 is 1.93 bits per heavy atom. The number of nitrogens with one attached hydrogen (secondary N) is 2. The molecular formula is C37H48N4O2. The Bertz CT molecular complexity index is 1670. The molecule has 228 valence electrons. The van der Waals surface area contributed by atoms with E-state index in [2.05, 4.69) is 17.6 Å². The van der Waals surface area contributed by atoms with Gasteiger partial charge in [0.2, 0.25) is 0 Å². The van der Waals surface area contributed by atoms with Gasteiger partial charge in [-0.1, -0.05) is 134 Å². The zero-order valence-corrected chi connectivity index (χ0v) is 25.9. The van der Waals surface area contributed by atoms with Crippen molar-refractivity contribution in [2.24, 2.45) is 0 Å². The molecule has 5 aromatic rings. The molecule has 5 rings (SSSR count). The number of imidazole rings is 1. The number of amides is 2. The molecule has 0 radical (unpaired) electrons. The number of unbranched alkanes of at least 4 members (excludes halogenated alkanes) is 15. The Hall–Kier alpha value is -3.67. The summed E-state index contributed by atoms with van der Waals surface area (Å²) in [4.78, 5) is 30.9. The number of hydrogen-bond donors (Lipinski definition) is 2. The van der Waals surface area contributed by atoms with Gasteiger partial charge in [-0.2, -0.15) is 0 Å². The van der Waals surface area contributed by atoms with Gasteiger partial charge in [0.15, 0.2) is 0 Å². The van der Waals surface area contributed by atoms with Gasteiger partial charge in [-0.05, 0) is 36.1 Å². The maximum Gasteiger partial charge on any atom is 0.319 e. The van der Waals surface area contributed by atoms with Crippen molar-refractivity contribution >= 4 is 49.9 Å². The van der Waals surface area contributed by atoms with E-state index in [-0.39, 0.29) is 11.6 Å². The highest BCUT2D eigenvalue weighted by molar-refractivity contribution is 6.15. The number of fused-ring (bicyclic) bond motifs is 4. The summed E-state index contributed by atoms with van der Waals surface area (Å²) in [6.07, 6.45) is 21.4. The number of carbonyl (C=O) groups excluding carboxylic acids is 1. The first-order valence-corrected chi connectivity index (χ1v) is 16.8. The van der Waals surface area contributed by atoms with Crippen LogP contribution in [0.15, 0.2) is 59.4 Å². The van der Waals surface area contributed by atoms with Gasteiger partial charge in [-0.3, -0.25) is 9.20 Å². The quantitative estimate of drug-likeness (QED) is 0.101. The Balaban J connectivity index is 1.00. The smallest absolute Gasteiger partial charge is 0.319 e. The van der Waals surface area contributed by atoms with E-state index < -0.39 is 0 Å². The molecule has 2 N–H and O–H groups in total. The number of rotatable bonds is 18. The second kappa shape index (κ2) is 15.7. The normalized spacial score (nSPS) is 11.7. The largest absolute Gasteiger partial charge is 0.338 e. The lowest BCUT2D eigenvalue weighted by atomic mass is 10.0. The van der Waals surface area contributed by atoms with E-state index in [0.29, 0.717) is 28.8 Å². The van der Waals surface area contributed by atoms with Crippen LogP contribution in [0.1, 0.15) is 110 Å². The minimum absolute atomic E-state index is 0.0908. The molecule has 6 nitrogen and oxygen atoms in total. The molecule has 2 heterocycles. The fourth-order valence-electron chi connectivity index (χ4n) is 6.42. The molecule has 43 heavy (non-hydrogen) atoms. The van der Waals surface area contributed by atoms with Crippen LogP contribution in [0.2, 0.25) is 0 Å². The molecule has 0 aliphatic rings. The molecular weight excluding hydrogens is 532 g/mol. The molecule has 2 amide bonds. The van der Waals surface area contributed by atoms with E-state index in [9.17, 15) is 9.59 Å². The van der Waals surface area contributed by atoms with Crippen molar-refractivity contribution in [3.05, 3.63) is 65.0 Å². The number of pyridine rings is 1. The molecule has 2 aromatic heterocycles. The highest BCUT2D eigenvalue weighted by Gasteiger charge is 2.16. The second-order valence-corrected chi connectivity index (χ2v) is 12.2. The van der Waals surface area contributed by atoms with Crippen molar-refractivity contribution in [2.45, 2.75) is 110 Å². The maximum absolute atomic E-state index is 13.5. The zero-order chi connectivity index (χ0) is 29.9. The third kappa shape index (κ3) is 7.84. The minimum atomic E-state index is -0.222. The fourth-order valence-corrected chi connectivity index (χ4v) is 6.42. The summed E-state index contributed by atoms with van der Waals surface area (Å²) < 4.78 is 1.67. The van der Waals surface area contributed by atoms with Crippen molar-refractivity contribution in [1.82, 2.24) is 14.7 Å². The standard InChI is InChI=1S/C37H48N4O2/c1-2-3-4-5-6-7-8-9-10-11-12-13-14-15-16-17-26-38-37(43)39-29-24-25-32-33(27-29)41-35(40-32)30-22-18-20-28-21-19-23-31(34(28)30)36(41)42/h18-25,27H,2-17,26H2,1H3,(H2,38,39,43). The lowest BCUT2D eigenvalue weighted by molar-refractivity contribution is 0.252. The van der Waals surface area contributed by atoms with E-state index in [4.69, 9.17) is 4.98 Å². The van der Waals surface area contributed by atoms with Gasteiger partial charge < -0.3 is 10.6 Å². The molecule has 0 spiro atoms. The third-order valence-corrected chi connectivity index (χ3v) is 8.81. The van der Waals surface area contributed by atoms with Crippen molar-refractivity contribution in [3.63, 3.8) is 0 Å². The SMILES string of the molecule is CCCCCCCCCCCCCCCCCCNC(=O)Nc1ccc2nc3c4cccc5cccc(c(=O)n3c2c1)c54. The van der Waals surface area contributed by atoms with Gasteiger partial charge in [-0.15, -0.1) is 0 Å². The molecule has 3 aromatic carbocycles. The van der Waals surface area contributed by atoms with Crippen LogP contribution < -0.4 is 16.2 Å². The summed E-state index contributed by atoms with van der Waals surface area (Å²) in [6.45, 7) is 2.94. The van der Waals surface area contributed by atoms with Gasteiger partial charge in [0.1, 0.15) is 5.65 Å². The van der Waals surface area contributed by atoms with Crippen molar-refractivity contribution in [2.75, 3.05) is 11.9 Å². The zero-order valence-electron chi connectivity index (χ0n) is 25.9. The van der Waals surface area contributed by atoms with Crippen molar-refractivity contribution in [3.8, 4) is 0 Å². The van der Waals surface area contributed by atoms with Gasteiger partial charge in [0.05, 0.1) is 11.0 Å². The summed E-state index contributed by atoms with van der Waals surface area (Å²) >= 11 is 0. The van der Waals surface area contributed by atoms with Crippen molar-refractivity contribution in [1.29, 1.82) is 0 Å². The second-order valence-electron chi connectivity index (χ2n) is 12.2. The summed E-state index contributed by atoms with van der Waals surface area (Å²) in [6, 6.07) is 17.2. The lowest BCUT2D eigenvalue weighted by Crippen LogP contribution is -2.29. The molecule has 6 heteroatoms. The Labute approximate surface area is 255 Å². The fraction of sp³-hybridized carbons (Fsp3) is 0.486. The van der Waals surface area contributed by atoms with Crippen LogP contribution >= 0.6 is 0 Å². The van der Waals surface area contributed by atoms with Gasteiger partial charge in [-0.25, -0.2) is 9.78 Å². The molecule has 0 atom stereocenters. The van der Waals surface area contributed by atoms with Crippen molar-refractivity contribution < 1.29 is 4.79 Å². The number of hydrogen-bond acceptors (Lipinski definition) is 3. The van der Waals surface area contributed by atoms with Gasteiger partial charge in [0, 0.05) is 28.4 Å². The van der Waals surface area contributed by atoms with E-state index in [0.717, 1.165) is 34.5 Å². The minimum Gasteiger partial charge on any atom is -0.338 e. The summed E-state index contributed by atoms with van der Waals surface area (Å²) in [5.41, 5.74) is 2.63. The molecule has 0 aliphatic carbocycles. The molecule has 0 unspecified atom stereocenters. The molecule has 0 fully saturated rings. The highest BCUT2D eigenvalue weighted by atomic mass is 16.2. The average Bonchev–Trinajstić information content (AvgIpc) is 3.40. The predicted octanol–water partition coefficient (Wildman–Crippen LogP) is 9.97. The predicted molar refractivity (Wildman–Crippen MR) is 182 cm³/mol. The summed E-state index contributed by atoms with van der Waals surface area (Å²) in [7, 11) is 0. The van der Waals surface area contributed by atoms with E-state index >= 15 is 0 Å². The van der Waals surface area contributed by atoms with Crippen LogP contribution in [-0.2, 0) is 0 Å². The first kappa shape index (κ1) is 30.8. The van der Waals surface area contributed by atoms with E-state index in [1.54, 1.807) is 4.40 Å². The number of benzene rings is 3.